The Bertz CT molecular complexity index is 538. The Morgan fingerprint density at radius 1 is 1.48 bits per heavy atom. The average Bonchev–Trinajstić information content (AvgIpc) is 2.43. The third-order valence-electron chi connectivity index (χ3n) is 3.93. The summed E-state index contributed by atoms with van der Waals surface area (Å²) in [6.07, 6.45) is 4.79. The fraction of sp³-hybridized carbons (Fsp3) is 0.500. The van der Waals surface area contributed by atoms with Crippen LogP contribution in [0, 0.1) is 17.8 Å². The fourth-order valence-electron chi connectivity index (χ4n) is 2.45. The van der Waals surface area contributed by atoms with Crippen LogP contribution in [0.15, 0.2) is 24.3 Å². The molecule has 112 valence electrons. The molecule has 1 fully saturated rings. The highest BCUT2D eigenvalue weighted by Gasteiger charge is 2.21. The van der Waals surface area contributed by atoms with Crippen LogP contribution in [0.2, 0.25) is 0 Å². The minimum atomic E-state index is -0.00262. The van der Waals surface area contributed by atoms with E-state index >= 15 is 0 Å². The molecule has 1 aromatic rings. The van der Waals surface area contributed by atoms with Crippen molar-refractivity contribution >= 4 is 5.91 Å². The van der Waals surface area contributed by atoms with E-state index in [0.29, 0.717) is 18.8 Å². The number of carbonyl (C=O) groups excluding carboxylic acids is 1. The van der Waals surface area contributed by atoms with Crippen LogP contribution in [0.1, 0.15) is 56.2 Å². The normalized spacial score (nSPS) is 15.5. The standard InChI is InChI=1S/C18H23NO2/c1-14(19-18(21)13-16-7-4-8-16)17-10-5-9-15(12-17)6-2-3-11-20/h5,9-10,12,14,16,20H,3-4,7-8,11,13H2,1H3,(H,19,21). The highest BCUT2D eigenvalue weighted by atomic mass is 16.2. The molecule has 0 aliphatic heterocycles. The molecule has 1 aliphatic carbocycles. The molecular formula is C18H23NO2. The lowest BCUT2D eigenvalue weighted by atomic mass is 9.83. The van der Waals surface area contributed by atoms with Crippen molar-refractivity contribution in [1.82, 2.24) is 5.32 Å². The van der Waals surface area contributed by atoms with Crippen LogP contribution < -0.4 is 5.32 Å². The Kier molecular flexibility index (Phi) is 5.83. The monoisotopic (exact) mass is 285 g/mol. The van der Waals surface area contributed by atoms with Crippen molar-refractivity contribution < 1.29 is 9.90 Å². The lowest BCUT2D eigenvalue weighted by Gasteiger charge is -2.25. The number of hydrogen-bond donors (Lipinski definition) is 2. The minimum Gasteiger partial charge on any atom is -0.395 e. The first kappa shape index (κ1) is 15.6. The smallest absolute Gasteiger partial charge is 0.220 e. The van der Waals surface area contributed by atoms with E-state index in [4.69, 9.17) is 5.11 Å². The van der Waals surface area contributed by atoms with Gasteiger partial charge in [0.1, 0.15) is 0 Å². The molecule has 1 unspecified atom stereocenters. The Morgan fingerprint density at radius 3 is 2.95 bits per heavy atom. The molecule has 1 aromatic carbocycles. The Balaban J connectivity index is 1.92. The summed E-state index contributed by atoms with van der Waals surface area (Å²) in [5.41, 5.74) is 1.98. The van der Waals surface area contributed by atoms with Gasteiger partial charge in [-0.1, -0.05) is 30.4 Å². The molecule has 0 radical (unpaired) electrons. The number of amides is 1. The molecule has 0 spiro atoms. The summed E-state index contributed by atoms with van der Waals surface area (Å²) in [5, 5.41) is 11.8. The Morgan fingerprint density at radius 2 is 2.29 bits per heavy atom. The van der Waals surface area contributed by atoms with E-state index < -0.39 is 0 Å². The lowest BCUT2D eigenvalue weighted by molar-refractivity contribution is -0.123. The molecule has 0 bridgehead atoms. The molecular weight excluding hydrogens is 262 g/mol. The van der Waals surface area contributed by atoms with Crippen molar-refractivity contribution in [2.75, 3.05) is 6.61 Å². The van der Waals surface area contributed by atoms with Gasteiger partial charge in [-0.25, -0.2) is 0 Å². The molecule has 21 heavy (non-hydrogen) atoms. The van der Waals surface area contributed by atoms with Crippen molar-refractivity contribution in [3.8, 4) is 11.8 Å². The molecule has 1 saturated carbocycles. The van der Waals surface area contributed by atoms with Crippen LogP contribution in [0.5, 0.6) is 0 Å². The highest BCUT2D eigenvalue weighted by molar-refractivity contribution is 5.76. The third-order valence-corrected chi connectivity index (χ3v) is 3.93. The molecule has 1 aliphatic rings. The second-order valence-corrected chi connectivity index (χ2v) is 5.69. The van der Waals surface area contributed by atoms with Gasteiger partial charge in [-0.05, 0) is 43.4 Å². The van der Waals surface area contributed by atoms with Crippen molar-refractivity contribution in [3.63, 3.8) is 0 Å². The van der Waals surface area contributed by atoms with E-state index in [9.17, 15) is 4.79 Å². The Hall–Kier alpha value is -1.79. The van der Waals surface area contributed by atoms with Gasteiger partial charge in [-0.2, -0.15) is 0 Å². The molecule has 0 aromatic heterocycles. The summed E-state index contributed by atoms with van der Waals surface area (Å²) in [4.78, 5) is 12.0. The van der Waals surface area contributed by atoms with Gasteiger partial charge in [0.2, 0.25) is 5.91 Å². The molecule has 2 rings (SSSR count). The molecule has 2 N–H and O–H groups in total. The molecule has 0 saturated heterocycles. The quantitative estimate of drug-likeness (QED) is 0.817. The predicted octanol–water partition coefficient (Wildman–Crippen LogP) is 2.79. The zero-order chi connectivity index (χ0) is 15.1. The van der Waals surface area contributed by atoms with Crippen molar-refractivity contribution in [3.05, 3.63) is 35.4 Å². The summed E-state index contributed by atoms with van der Waals surface area (Å²) < 4.78 is 0. The second-order valence-electron chi connectivity index (χ2n) is 5.69. The molecule has 3 nitrogen and oxygen atoms in total. The van der Waals surface area contributed by atoms with Gasteiger partial charge in [-0.15, -0.1) is 0 Å². The van der Waals surface area contributed by atoms with E-state index in [1.807, 2.05) is 31.2 Å². The maximum Gasteiger partial charge on any atom is 0.220 e. The van der Waals surface area contributed by atoms with Crippen LogP contribution in [0.3, 0.4) is 0 Å². The number of carbonyl (C=O) groups is 1. The first-order chi connectivity index (χ1) is 10.2. The van der Waals surface area contributed by atoms with E-state index in [1.54, 1.807) is 0 Å². The van der Waals surface area contributed by atoms with E-state index in [2.05, 4.69) is 17.2 Å². The first-order valence-corrected chi connectivity index (χ1v) is 7.68. The summed E-state index contributed by atoms with van der Waals surface area (Å²) >= 11 is 0. The second kappa shape index (κ2) is 7.85. The summed E-state index contributed by atoms with van der Waals surface area (Å²) in [5.74, 6) is 6.67. The molecule has 0 heterocycles. The van der Waals surface area contributed by atoms with Gasteiger partial charge < -0.3 is 10.4 Å². The number of nitrogens with one attached hydrogen (secondary N) is 1. The Labute approximate surface area is 126 Å². The number of hydrogen-bond acceptors (Lipinski definition) is 2. The van der Waals surface area contributed by atoms with E-state index in [0.717, 1.165) is 11.1 Å². The summed E-state index contributed by atoms with van der Waals surface area (Å²) in [6.45, 7) is 2.08. The van der Waals surface area contributed by atoms with Crippen molar-refractivity contribution in [2.45, 2.75) is 45.1 Å². The minimum absolute atomic E-state index is 0.00262. The zero-order valence-electron chi connectivity index (χ0n) is 12.6. The van der Waals surface area contributed by atoms with Crippen LogP contribution in [-0.2, 0) is 4.79 Å². The van der Waals surface area contributed by atoms with Gasteiger partial charge in [0, 0.05) is 18.4 Å². The molecule has 1 atom stereocenters. The van der Waals surface area contributed by atoms with Gasteiger partial charge in [0.15, 0.2) is 0 Å². The highest BCUT2D eigenvalue weighted by Crippen LogP contribution is 2.29. The van der Waals surface area contributed by atoms with Gasteiger partial charge >= 0.3 is 0 Å². The largest absolute Gasteiger partial charge is 0.395 e. The maximum absolute atomic E-state index is 12.0. The van der Waals surface area contributed by atoms with Crippen molar-refractivity contribution in [2.24, 2.45) is 5.92 Å². The van der Waals surface area contributed by atoms with Gasteiger partial charge in [0.05, 0.1) is 12.6 Å². The van der Waals surface area contributed by atoms with Gasteiger partial charge in [-0.3, -0.25) is 4.79 Å². The topological polar surface area (TPSA) is 49.3 Å². The molecule has 1 amide bonds. The summed E-state index contributed by atoms with van der Waals surface area (Å²) in [7, 11) is 0. The van der Waals surface area contributed by atoms with E-state index in [1.165, 1.54) is 19.3 Å². The van der Waals surface area contributed by atoms with Crippen LogP contribution >= 0.6 is 0 Å². The maximum atomic E-state index is 12.0. The number of rotatable bonds is 5. The molecule has 3 heteroatoms. The average molecular weight is 285 g/mol. The zero-order valence-corrected chi connectivity index (χ0v) is 12.6. The van der Waals surface area contributed by atoms with Crippen molar-refractivity contribution in [1.29, 1.82) is 0 Å². The number of benzene rings is 1. The third kappa shape index (κ3) is 4.91. The fourth-order valence-corrected chi connectivity index (χ4v) is 2.45. The van der Waals surface area contributed by atoms with Crippen LogP contribution in [0.25, 0.3) is 0 Å². The number of aliphatic hydroxyl groups is 1. The summed E-state index contributed by atoms with van der Waals surface area (Å²) in [6, 6.07) is 7.89. The first-order valence-electron chi connectivity index (χ1n) is 7.68. The van der Waals surface area contributed by atoms with Crippen LogP contribution in [0.4, 0.5) is 0 Å². The SMILES string of the molecule is CC(NC(=O)CC1CCC1)c1cccc(C#CCCO)c1. The van der Waals surface area contributed by atoms with Gasteiger partial charge in [0.25, 0.3) is 0 Å². The lowest BCUT2D eigenvalue weighted by Crippen LogP contribution is -2.30. The van der Waals surface area contributed by atoms with Crippen LogP contribution in [-0.4, -0.2) is 17.6 Å². The number of aliphatic hydroxyl groups excluding tert-OH is 1. The predicted molar refractivity (Wildman–Crippen MR) is 83.5 cm³/mol. The van der Waals surface area contributed by atoms with E-state index in [-0.39, 0.29) is 18.6 Å².